The fraction of sp³-hybridized carbons (Fsp3) is 0.211. The molecule has 0 saturated carbocycles. The summed E-state index contributed by atoms with van der Waals surface area (Å²) in [5.41, 5.74) is 2.27. The normalized spacial score (nSPS) is 10.8. The molecule has 1 heterocycles. The first-order valence-electron chi connectivity index (χ1n) is 7.56. The maximum absolute atomic E-state index is 13.0. The Morgan fingerprint density at radius 3 is 2.58 bits per heavy atom. The van der Waals surface area contributed by atoms with Crippen LogP contribution in [0.3, 0.4) is 0 Å². The number of carbonyl (C=O) groups is 1. The van der Waals surface area contributed by atoms with E-state index in [1.54, 1.807) is 43.3 Å². The Hall–Kier alpha value is -2.82. The lowest BCUT2D eigenvalue weighted by Crippen LogP contribution is -2.26. The van der Waals surface area contributed by atoms with Gasteiger partial charge in [0.2, 0.25) is 0 Å². The molecular weight excluding hydrogens is 309 g/mol. The number of hydrogen-bond donors (Lipinski definition) is 0. The molecule has 0 radical (unpaired) electrons. The van der Waals surface area contributed by atoms with Crippen molar-refractivity contribution in [2.75, 3.05) is 14.2 Å². The van der Waals surface area contributed by atoms with Gasteiger partial charge in [-0.05, 0) is 42.8 Å². The van der Waals surface area contributed by atoms with Gasteiger partial charge >= 0.3 is 0 Å². The highest BCUT2D eigenvalue weighted by atomic mass is 19.1. The number of methoxy groups -OCH3 is 1. The zero-order valence-electron chi connectivity index (χ0n) is 13.8. The molecule has 0 unspecified atom stereocenters. The Bertz CT molecular complexity index is 884. The van der Waals surface area contributed by atoms with Gasteiger partial charge in [0.15, 0.2) is 5.76 Å². The number of furan rings is 1. The molecule has 0 bridgehead atoms. The summed E-state index contributed by atoms with van der Waals surface area (Å²) in [5, 5.41) is 0.855. The average molecular weight is 327 g/mol. The Labute approximate surface area is 139 Å². The van der Waals surface area contributed by atoms with Gasteiger partial charge in [0.25, 0.3) is 5.91 Å². The molecule has 0 saturated heterocycles. The molecule has 5 heteroatoms. The number of carbonyl (C=O) groups excluding carboxylic acids is 1. The predicted octanol–water partition coefficient (Wildman–Crippen LogP) is 4.16. The fourth-order valence-corrected chi connectivity index (χ4v) is 2.64. The van der Waals surface area contributed by atoms with Crippen LogP contribution < -0.4 is 4.74 Å². The van der Waals surface area contributed by atoms with E-state index in [9.17, 15) is 9.18 Å². The quantitative estimate of drug-likeness (QED) is 0.722. The highest BCUT2D eigenvalue weighted by Gasteiger charge is 2.21. The lowest BCUT2D eigenvalue weighted by atomic mass is 10.1. The number of ether oxygens (including phenoxy) is 1. The topological polar surface area (TPSA) is 42.7 Å². The number of nitrogens with zero attached hydrogens (tertiary/aromatic N) is 1. The van der Waals surface area contributed by atoms with E-state index in [1.807, 2.05) is 13.0 Å². The summed E-state index contributed by atoms with van der Waals surface area (Å²) in [6.45, 7) is 2.23. The van der Waals surface area contributed by atoms with Gasteiger partial charge in [0.1, 0.15) is 17.1 Å². The van der Waals surface area contributed by atoms with E-state index in [4.69, 9.17) is 9.15 Å². The van der Waals surface area contributed by atoms with Crippen LogP contribution in [0.1, 0.15) is 21.7 Å². The van der Waals surface area contributed by atoms with Gasteiger partial charge in [-0.1, -0.05) is 12.1 Å². The van der Waals surface area contributed by atoms with Crippen molar-refractivity contribution < 1.29 is 18.3 Å². The Morgan fingerprint density at radius 2 is 1.92 bits per heavy atom. The lowest BCUT2D eigenvalue weighted by molar-refractivity contribution is 0.0755. The second kappa shape index (κ2) is 6.35. The molecule has 0 atom stereocenters. The van der Waals surface area contributed by atoms with E-state index in [1.165, 1.54) is 12.1 Å². The third-order valence-corrected chi connectivity index (χ3v) is 4.02. The molecule has 0 aliphatic heterocycles. The van der Waals surface area contributed by atoms with E-state index < -0.39 is 0 Å². The minimum Gasteiger partial charge on any atom is -0.497 e. The van der Waals surface area contributed by atoms with Gasteiger partial charge in [0, 0.05) is 24.5 Å². The van der Waals surface area contributed by atoms with E-state index in [0.29, 0.717) is 23.6 Å². The first-order chi connectivity index (χ1) is 11.5. The third kappa shape index (κ3) is 2.97. The van der Waals surface area contributed by atoms with Gasteiger partial charge in [-0.2, -0.15) is 0 Å². The molecule has 1 amide bonds. The van der Waals surface area contributed by atoms with Gasteiger partial charge in [0.05, 0.1) is 7.11 Å². The zero-order valence-corrected chi connectivity index (χ0v) is 13.8. The zero-order chi connectivity index (χ0) is 17.3. The number of amides is 1. The van der Waals surface area contributed by atoms with Crippen LogP contribution in [0.5, 0.6) is 5.75 Å². The van der Waals surface area contributed by atoms with Gasteiger partial charge < -0.3 is 14.1 Å². The first-order valence-corrected chi connectivity index (χ1v) is 7.56. The summed E-state index contributed by atoms with van der Waals surface area (Å²) >= 11 is 0. The van der Waals surface area contributed by atoms with Crippen LogP contribution in [0, 0.1) is 12.7 Å². The van der Waals surface area contributed by atoms with Crippen molar-refractivity contribution in [3.63, 3.8) is 0 Å². The van der Waals surface area contributed by atoms with Gasteiger partial charge in [-0.25, -0.2) is 4.39 Å². The SMILES string of the molecule is COc1ccc2oc(C(=O)N(C)Cc3ccc(F)cc3)c(C)c2c1. The molecular formula is C19H18FNO3. The summed E-state index contributed by atoms with van der Waals surface area (Å²) in [7, 11) is 3.29. The van der Waals surface area contributed by atoms with Crippen molar-refractivity contribution in [1.29, 1.82) is 0 Å². The predicted molar refractivity (Wildman–Crippen MR) is 89.7 cm³/mol. The summed E-state index contributed by atoms with van der Waals surface area (Å²) in [6.07, 6.45) is 0. The van der Waals surface area contributed by atoms with Crippen LogP contribution in [0.4, 0.5) is 4.39 Å². The van der Waals surface area contributed by atoms with Gasteiger partial charge in [-0.3, -0.25) is 4.79 Å². The smallest absolute Gasteiger partial charge is 0.289 e. The second-order valence-electron chi connectivity index (χ2n) is 5.71. The van der Waals surface area contributed by atoms with Crippen molar-refractivity contribution in [3.05, 3.63) is 65.2 Å². The number of aryl methyl sites for hydroxylation is 1. The number of halogens is 1. The van der Waals surface area contributed by atoms with Gasteiger partial charge in [-0.15, -0.1) is 0 Å². The summed E-state index contributed by atoms with van der Waals surface area (Å²) in [5.74, 6) is 0.509. The second-order valence-corrected chi connectivity index (χ2v) is 5.71. The molecule has 0 N–H and O–H groups in total. The molecule has 3 rings (SSSR count). The van der Waals surface area contributed by atoms with Crippen LogP contribution in [0.15, 0.2) is 46.9 Å². The molecule has 2 aromatic carbocycles. The molecule has 124 valence electrons. The molecule has 0 fully saturated rings. The van der Waals surface area contributed by atoms with Crippen molar-refractivity contribution in [2.24, 2.45) is 0 Å². The first kappa shape index (κ1) is 16.1. The van der Waals surface area contributed by atoms with Crippen molar-refractivity contribution in [1.82, 2.24) is 4.90 Å². The maximum atomic E-state index is 13.0. The van der Waals surface area contributed by atoms with Crippen LogP contribution >= 0.6 is 0 Å². The Kier molecular flexibility index (Phi) is 4.25. The monoisotopic (exact) mass is 327 g/mol. The molecule has 0 aliphatic carbocycles. The standard InChI is InChI=1S/C19H18FNO3/c1-12-16-10-15(23-3)8-9-17(16)24-18(12)19(22)21(2)11-13-4-6-14(20)7-5-13/h4-10H,11H2,1-3H3. The molecule has 0 aliphatic rings. The molecule has 4 nitrogen and oxygen atoms in total. The molecule has 24 heavy (non-hydrogen) atoms. The minimum absolute atomic E-state index is 0.216. The number of rotatable bonds is 4. The summed E-state index contributed by atoms with van der Waals surface area (Å²) in [4.78, 5) is 14.2. The van der Waals surface area contributed by atoms with E-state index in [0.717, 1.165) is 16.5 Å². The highest BCUT2D eigenvalue weighted by molar-refractivity contribution is 5.99. The van der Waals surface area contributed by atoms with E-state index in [-0.39, 0.29) is 11.7 Å². The molecule has 0 spiro atoms. The van der Waals surface area contributed by atoms with Crippen molar-refractivity contribution in [2.45, 2.75) is 13.5 Å². The van der Waals surface area contributed by atoms with E-state index in [2.05, 4.69) is 0 Å². The minimum atomic E-state index is -0.296. The maximum Gasteiger partial charge on any atom is 0.289 e. The van der Waals surface area contributed by atoms with Crippen LogP contribution in [-0.2, 0) is 6.54 Å². The largest absolute Gasteiger partial charge is 0.497 e. The molecule has 1 aromatic heterocycles. The Balaban J connectivity index is 1.87. The van der Waals surface area contributed by atoms with Crippen LogP contribution in [-0.4, -0.2) is 25.0 Å². The summed E-state index contributed by atoms with van der Waals surface area (Å²) in [6, 6.07) is 11.5. The molecule has 3 aromatic rings. The fourth-order valence-electron chi connectivity index (χ4n) is 2.64. The van der Waals surface area contributed by atoms with Crippen LogP contribution in [0.2, 0.25) is 0 Å². The average Bonchev–Trinajstić information content (AvgIpc) is 2.92. The lowest BCUT2D eigenvalue weighted by Gasteiger charge is -2.16. The number of fused-ring (bicyclic) bond motifs is 1. The highest BCUT2D eigenvalue weighted by Crippen LogP contribution is 2.29. The van der Waals surface area contributed by atoms with Crippen LogP contribution in [0.25, 0.3) is 11.0 Å². The summed E-state index contributed by atoms with van der Waals surface area (Å²) < 4.78 is 23.9. The van der Waals surface area contributed by atoms with Crippen molar-refractivity contribution in [3.8, 4) is 5.75 Å². The van der Waals surface area contributed by atoms with Crippen molar-refractivity contribution >= 4 is 16.9 Å². The Morgan fingerprint density at radius 1 is 1.21 bits per heavy atom. The van der Waals surface area contributed by atoms with E-state index >= 15 is 0 Å². The third-order valence-electron chi connectivity index (χ3n) is 4.02. The number of benzene rings is 2. The number of hydrogen-bond acceptors (Lipinski definition) is 3.